The van der Waals surface area contributed by atoms with Crippen molar-refractivity contribution >= 4 is 21.6 Å². The Kier molecular flexibility index (Phi) is 4.45. The molecule has 0 aromatic heterocycles. The van der Waals surface area contributed by atoms with Crippen LogP contribution in [0.4, 0.5) is 5.69 Å². The van der Waals surface area contributed by atoms with Crippen LogP contribution in [-0.4, -0.2) is 47.1 Å². The number of carbonyl (C=O) groups excluding carboxylic acids is 1. The summed E-state index contributed by atoms with van der Waals surface area (Å²) in [6.45, 7) is 1.88. The Morgan fingerprint density at radius 1 is 1.35 bits per heavy atom. The molecule has 1 amide bonds. The van der Waals surface area contributed by atoms with Crippen molar-refractivity contribution in [1.82, 2.24) is 10.0 Å². The maximum absolute atomic E-state index is 12.6. The third-order valence-corrected chi connectivity index (χ3v) is 5.64. The zero-order valence-electron chi connectivity index (χ0n) is 13.0. The van der Waals surface area contributed by atoms with Gasteiger partial charge in [0.15, 0.2) is 0 Å². The Labute approximate surface area is 136 Å². The summed E-state index contributed by atoms with van der Waals surface area (Å²) >= 11 is 0. The molecule has 7 nitrogen and oxygen atoms in total. The molecule has 0 radical (unpaired) electrons. The molecule has 1 aromatic carbocycles. The summed E-state index contributed by atoms with van der Waals surface area (Å²) < 4.78 is 33.2. The van der Waals surface area contributed by atoms with Crippen LogP contribution in [0.25, 0.3) is 0 Å². The van der Waals surface area contributed by atoms with Crippen LogP contribution in [0.1, 0.15) is 19.3 Å². The standard InChI is InChI=1S/C15H21N3O4S/c1-18-8-9-22-14-10-11(5-6-13(14)18)23(20,21)17-12-4-2-3-7-16-15(12)19/h5-6,10,12,17H,2-4,7-9H2,1H3,(H,16,19). The number of ether oxygens (including phenoxy) is 1. The van der Waals surface area contributed by atoms with Gasteiger partial charge >= 0.3 is 0 Å². The molecule has 8 heteroatoms. The van der Waals surface area contributed by atoms with Gasteiger partial charge in [0.05, 0.1) is 17.1 Å². The van der Waals surface area contributed by atoms with E-state index >= 15 is 0 Å². The van der Waals surface area contributed by atoms with E-state index in [1.807, 2.05) is 11.9 Å². The molecule has 0 aliphatic carbocycles. The van der Waals surface area contributed by atoms with E-state index in [0.717, 1.165) is 25.1 Å². The van der Waals surface area contributed by atoms with Crippen LogP contribution in [-0.2, 0) is 14.8 Å². The summed E-state index contributed by atoms with van der Waals surface area (Å²) in [5.41, 5.74) is 0.863. The van der Waals surface area contributed by atoms with Crippen molar-refractivity contribution < 1.29 is 17.9 Å². The zero-order valence-corrected chi connectivity index (χ0v) is 13.9. The molecule has 0 spiro atoms. The minimum Gasteiger partial charge on any atom is -0.490 e. The van der Waals surface area contributed by atoms with Gasteiger partial charge in [0.1, 0.15) is 18.4 Å². The van der Waals surface area contributed by atoms with E-state index in [1.54, 1.807) is 12.1 Å². The van der Waals surface area contributed by atoms with Crippen LogP contribution in [0.2, 0.25) is 0 Å². The van der Waals surface area contributed by atoms with Crippen LogP contribution in [0, 0.1) is 0 Å². The topological polar surface area (TPSA) is 87.7 Å². The fourth-order valence-electron chi connectivity index (χ4n) is 2.81. The first-order chi connectivity index (χ1) is 11.0. The molecule has 2 heterocycles. The molecule has 2 aliphatic heterocycles. The highest BCUT2D eigenvalue weighted by Crippen LogP contribution is 2.32. The van der Waals surface area contributed by atoms with E-state index in [9.17, 15) is 13.2 Å². The molecule has 126 valence electrons. The van der Waals surface area contributed by atoms with E-state index in [4.69, 9.17) is 4.74 Å². The molecule has 1 fully saturated rings. The van der Waals surface area contributed by atoms with Gasteiger partial charge in [-0.3, -0.25) is 4.79 Å². The second-order valence-electron chi connectivity index (χ2n) is 5.86. The SMILES string of the molecule is CN1CCOc2cc(S(=O)(=O)NC3CCCCNC3=O)ccc21. The van der Waals surface area contributed by atoms with Crippen molar-refractivity contribution in [3.63, 3.8) is 0 Å². The predicted molar refractivity (Wildman–Crippen MR) is 86.2 cm³/mol. The highest BCUT2D eigenvalue weighted by atomic mass is 32.2. The first kappa shape index (κ1) is 16.1. The number of amides is 1. The minimum atomic E-state index is -3.77. The Hall–Kier alpha value is -1.80. The van der Waals surface area contributed by atoms with E-state index in [2.05, 4.69) is 10.0 Å². The van der Waals surface area contributed by atoms with Gasteiger partial charge in [0.25, 0.3) is 0 Å². The fraction of sp³-hybridized carbons (Fsp3) is 0.533. The highest BCUT2D eigenvalue weighted by Gasteiger charge is 2.28. The predicted octanol–water partition coefficient (Wildman–Crippen LogP) is 0.462. The van der Waals surface area contributed by atoms with Crippen molar-refractivity contribution in [3.05, 3.63) is 18.2 Å². The van der Waals surface area contributed by atoms with Gasteiger partial charge in [-0.15, -0.1) is 0 Å². The molecular weight excluding hydrogens is 318 g/mol. The molecule has 23 heavy (non-hydrogen) atoms. The number of carbonyl (C=O) groups is 1. The number of nitrogens with zero attached hydrogens (tertiary/aromatic N) is 1. The lowest BCUT2D eigenvalue weighted by Gasteiger charge is -2.28. The maximum atomic E-state index is 12.6. The molecule has 0 bridgehead atoms. The largest absolute Gasteiger partial charge is 0.490 e. The fourth-order valence-corrected chi connectivity index (χ4v) is 4.06. The number of nitrogens with one attached hydrogen (secondary N) is 2. The second-order valence-corrected chi connectivity index (χ2v) is 7.57. The van der Waals surface area contributed by atoms with Gasteiger partial charge in [-0.05, 0) is 31.4 Å². The van der Waals surface area contributed by atoms with Crippen LogP contribution in [0.5, 0.6) is 5.75 Å². The van der Waals surface area contributed by atoms with Crippen molar-refractivity contribution in [2.24, 2.45) is 0 Å². The van der Waals surface area contributed by atoms with E-state index < -0.39 is 16.1 Å². The van der Waals surface area contributed by atoms with Gasteiger partial charge < -0.3 is 15.0 Å². The Balaban J connectivity index is 1.83. The molecule has 2 N–H and O–H groups in total. The summed E-state index contributed by atoms with van der Waals surface area (Å²) in [6.07, 6.45) is 2.18. The molecule has 1 atom stereocenters. The number of sulfonamides is 1. The molecule has 0 saturated carbocycles. The molecule has 2 aliphatic rings. The first-order valence-corrected chi connectivity index (χ1v) is 9.24. The highest BCUT2D eigenvalue weighted by molar-refractivity contribution is 7.89. The molecule has 1 aromatic rings. The smallest absolute Gasteiger partial charge is 0.241 e. The Bertz CT molecular complexity index is 705. The Morgan fingerprint density at radius 2 is 2.17 bits per heavy atom. The summed E-state index contributed by atoms with van der Waals surface area (Å²) in [4.78, 5) is 14.1. The van der Waals surface area contributed by atoms with Gasteiger partial charge in [0.2, 0.25) is 15.9 Å². The normalized spacial score (nSPS) is 21.9. The van der Waals surface area contributed by atoms with Gasteiger partial charge in [0, 0.05) is 19.7 Å². The minimum absolute atomic E-state index is 0.114. The number of hydrogen-bond acceptors (Lipinski definition) is 5. The van der Waals surface area contributed by atoms with Crippen LogP contribution >= 0.6 is 0 Å². The van der Waals surface area contributed by atoms with Crippen LogP contribution in [0.3, 0.4) is 0 Å². The second kappa shape index (κ2) is 6.37. The number of anilines is 1. The van der Waals surface area contributed by atoms with Gasteiger partial charge in [-0.2, -0.15) is 4.72 Å². The van der Waals surface area contributed by atoms with Crippen molar-refractivity contribution in [3.8, 4) is 5.75 Å². The van der Waals surface area contributed by atoms with E-state index in [0.29, 0.717) is 25.3 Å². The van der Waals surface area contributed by atoms with Crippen LogP contribution < -0.4 is 19.7 Å². The maximum Gasteiger partial charge on any atom is 0.241 e. The monoisotopic (exact) mass is 339 g/mol. The number of benzene rings is 1. The van der Waals surface area contributed by atoms with E-state index in [1.165, 1.54) is 6.07 Å². The van der Waals surface area contributed by atoms with Gasteiger partial charge in [-0.1, -0.05) is 0 Å². The molecule has 3 rings (SSSR count). The van der Waals surface area contributed by atoms with Crippen molar-refractivity contribution in [1.29, 1.82) is 0 Å². The molecular formula is C15H21N3O4S. The summed E-state index contributed by atoms with van der Waals surface area (Å²) in [7, 11) is -1.84. The number of rotatable bonds is 3. The average molecular weight is 339 g/mol. The van der Waals surface area contributed by atoms with Crippen molar-refractivity contribution in [2.45, 2.75) is 30.2 Å². The number of hydrogen-bond donors (Lipinski definition) is 2. The lowest BCUT2D eigenvalue weighted by molar-refractivity contribution is -0.122. The zero-order chi connectivity index (χ0) is 16.4. The lowest BCUT2D eigenvalue weighted by Crippen LogP contribution is -2.45. The molecule has 1 unspecified atom stereocenters. The third kappa shape index (κ3) is 3.42. The third-order valence-electron chi connectivity index (χ3n) is 4.17. The summed E-state index contributed by atoms with van der Waals surface area (Å²) in [5, 5.41) is 2.73. The van der Waals surface area contributed by atoms with Gasteiger partial charge in [-0.25, -0.2) is 8.42 Å². The number of likely N-dealkylation sites (N-methyl/N-ethyl adjacent to an activating group) is 1. The first-order valence-electron chi connectivity index (χ1n) is 7.75. The summed E-state index contributed by atoms with van der Waals surface area (Å²) in [5.74, 6) is 0.284. The summed E-state index contributed by atoms with van der Waals surface area (Å²) in [6, 6.07) is 4.07. The lowest BCUT2D eigenvalue weighted by atomic mass is 10.1. The van der Waals surface area contributed by atoms with Crippen LogP contribution in [0.15, 0.2) is 23.1 Å². The quantitative estimate of drug-likeness (QED) is 0.835. The Morgan fingerprint density at radius 3 is 3.00 bits per heavy atom. The average Bonchev–Trinajstić information content (AvgIpc) is 2.72. The van der Waals surface area contributed by atoms with Crippen molar-refractivity contribution in [2.75, 3.05) is 31.6 Å². The number of fused-ring (bicyclic) bond motifs is 1. The van der Waals surface area contributed by atoms with E-state index in [-0.39, 0.29) is 10.8 Å². The molecule has 1 saturated heterocycles.